The second-order valence-electron chi connectivity index (χ2n) is 4.41. The van der Waals surface area contributed by atoms with Gasteiger partial charge in [-0.2, -0.15) is 5.26 Å². The molecule has 0 aromatic heterocycles. The van der Waals surface area contributed by atoms with Crippen molar-refractivity contribution in [1.82, 2.24) is 0 Å². The van der Waals surface area contributed by atoms with E-state index in [1.165, 1.54) is 12.1 Å². The standard InChI is InChI=1S/C12H14N4O2/c13-6-9-3-4-15(8-9)12-2-1-11(16(17)18)5-10(12)7-14/h1-2,5,9H,3-4,6,8,13H2. The molecule has 0 radical (unpaired) electrons. The molecule has 18 heavy (non-hydrogen) atoms. The maximum Gasteiger partial charge on any atom is 0.270 e. The van der Waals surface area contributed by atoms with Crippen LogP contribution in [0.2, 0.25) is 0 Å². The van der Waals surface area contributed by atoms with Crippen LogP contribution in [-0.2, 0) is 0 Å². The first-order chi connectivity index (χ1) is 8.65. The Labute approximate surface area is 105 Å². The minimum atomic E-state index is -0.489. The number of non-ortho nitro benzene ring substituents is 1. The molecule has 6 heteroatoms. The molecule has 1 aromatic carbocycles. The lowest BCUT2D eigenvalue weighted by Crippen LogP contribution is -2.23. The van der Waals surface area contributed by atoms with E-state index in [1.54, 1.807) is 6.07 Å². The Balaban J connectivity index is 2.29. The Hall–Kier alpha value is -2.13. The molecule has 0 bridgehead atoms. The van der Waals surface area contributed by atoms with Gasteiger partial charge < -0.3 is 10.6 Å². The Morgan fingerprint density at radius 1 is 1.61 bits per heavy atom. The summed E-state index contributed by atoms with van der Waals surface area (Å²) in [4.78, 5) is 12.2. The molecular formula is C12H14N4O2. The first kappa shape index (κ1) is 12.3. The fourth-order valence-electron chi connectivity index (χ4n) is 2.25. The number of nitrogens with zero attached hydrogens (tertiary/aromatic N) is 3. The second kappa shape index (κ2) is 5.02. The van der Waals surface area contributed by atoms with Gasteiger partial charge in [-0.15, -0.1) is 0 Å². The monoisotopic (exact) mass is 246 g/mol. The molecule has 94 valence electrons. The molecule has 1 unspecified atom stereocenters. The van der Waals surface area contributed by atoms with Crippen LogP contribution in [0.1, 0.15) is 12.0 Å². The molecule has 1 saturated heterocycles. The third-order valence-corrected chi connectivity index (χ3v) is 3.27. The quantitative estimate of drug-likeness (QED) is 0.639. The van der Waals surface area contributed by atoms with Crippen molar-refractivity contribution in [2.24, 2.45) is 11.7 Å². The predicted molar refractivity (Wildman–Crippen MR) is 67.2 cm³/mol. The molecule has 0 saturated carbocycles. The normalized spacial score (nSPS) is 18.7. The lowest BCUT2D eigenvalue weighted by molar-refractivity contribution is -0.384. The molecule has 1 aliphatic rings. The van der Waals surface area contributed by atoms with Crippen molar-refractivity contribution in [3.05, 3.63) is 33.9 Å². The second-order valence-corrected chi connectivity index (χ2v) is 4.41. The van der Waals surface area contributed by atoms with Crippen LogP contribution in [0.25, 0.3) is 0 Å². The highest BCUT2D eigenvalue weighted by molar-refractivity contribution is 5.63. The topological polar surface area (TPSA) is 96.2 Å². The summed E-state index contributed by atoms with van der Waals surface area (Å²) in [5.74, 6) is 0.437. The predicted octanol–water partition coefficient (Wildman–Crippen LogP) is 1.25. The fourth-order valence-corrected chi connectivity index (χ4v) is 2.25. The number of hydrogen-bond donors (Lipinski definition) is 1. The largest absolute Gasteiger partial charge is 0.370 e. The fraction of sp³-hybridized carbons (Fsp3) is 0.417. The van der Waals surface area contributed by atoms with Crippen molar-refractivity contribution < 1.29 is 4.92 Å². The average molecular weight is 246 g/mol. The Bertz CT molecular complexity index is 509. The summed E-state index contributed by atoms with van der Waals surface area (Å²) in [6.45, 7) is 2.28. The molecule has 1 heterocycles. The number of nitro groups is 1. The first-order valence-electron chi connectivity index (χ1n) is 5.79. The summed E-state index contributed by atoms with van der Waals surface area (Å²) in [5.41, 5.74) is 6.69. The molecule has 6 nitrogen and oxygen atoms in total. The molecular weight excluding hydrogens is 232 g/mol. The molecule has 2 rings (SSSR count). The van der Waals surface area contributed by atoms with Gasteiger partial charge in [-0.05, 0) is 24.9 Å². The van der Waals surface area contributed by atoms with Crippen molar-refractivity contribution in [2.75, 3.05) is 24.5 Å². The number of nitriles is 1. The van der Waals surface area contributed by atoms with Gasteiger partial charge in [0.1, 0.15) is 6.07 Å². The zero-order chi connectivity index (χ0) is 13.1. The number of benzene rings is 1. The summed E-state index contributed by atoms with van der Waals surface area (Å²) in [6.07, 6.45) is 0.998. The number of anilines is 1. The SMILES string of the molecule is N#Cc1cc([N+](=O)[O-])ccc1N1CCC(CN)C1. The molecule has 1 atom stereocenters. The van der Waals surface area contributed by atoms with Gasteiger partial charge in [-0.1, -0.05) is 0 Å². The Morgan fingerprint density at radius 3 is 2.94 bits per heavy atom. The molecule has 2 N–H and O–H groups in total. The zero-order valence-corrected chi connectivity index (χ0v) is 9.87. The van der Waals surface area contributed by atoms with E-state index < -0.39 is 4.92 Å². The third-order valence-electron chi connectivity index (χ3n) is 3.27. The van der Waals surface area contributed by atoms with Crippen molar-refractivity contribution in [3.8, 4) is 6.07 Å². The highest BCUT2D eigenvalue weighted by atomic mass is 16.6. The van der Waals surface area contributed by atoms with Gasteiger partial charge in [0.25, 0.3) is 5.69 Å². The van der Waals surface area contributed by atoms with E-state index in [0.717, 1.165) is 25.2 Å². The van der Waals surface area contributed by atoms with Gasteiger partial charge in [-0.3, -0.25) is 10.1 Å². The molecule has 0 aliphatic carbocycles. The van der Waals surface area contributed by atoms with E-state index in [9.17, 15) is 10.1 Å². The Morgan fingerprint density at radius 2 is 2.39 bits per heavy atom. The molecule has 0 amide bonds. The smallest absolute Gasteiger partial charge is 0.270 e. The molecule has 1 fully saturated rings. The van der Waals surface area contributed by atoms with Crippen molar-refractivity contribution >= 4 is 11.4 Å². The van der Waals surface area contributed by atoms with E-state index in [-0.39, 0.29) is 5.69 Å². The van der Waals surface area contributed by atoms with Crippen LogP contribution < -0.4 is 10.6 Å². The third kappa shape index (κ3) is 2.26. The van der Waals surface area contributed by atoms with Crippen LogP contribution in [0, 0.1) is 27.4 Å². The highest BCUT2D eigenvalue weighted by Gasteiger charge is 2.24. The van der Waals surface area contributed by atoms with E-state index >= 15 is 0 Å². The van der Waals surface area contributed by atoms with Crippen LogP contribution in [0.4, 0.5) is 11.4 Å². The maximum atomic E-state index is 10.7. The summed E-state index contributed by atoms with van der Waals surface area (Å²) in [6, 6.07) is 6.43. The van der Waals surface area contributed by atoms with Crippen LogP contribution in [0.5, 0.6) is 0 Å². The Kier molecular flexibility index (Phi) is 3.44. The molecule has 1 aromatic rings. The van der Waals surface area contributed by atoms with E-state index in [0.29, 0.717) is 18.0 Å². The van der Waals surface area contributed by atoms with Crippen LogP contribution in [0.3, 0.4) is 0 Å². The lowest BCUT2D eigenvalue weighted by atomic mass is 10.1. The van der Waals surface area contributed by atoms with Gasteiger partial charge in [0.2, 0.25) is 0 Å². The summed E-state index contributed by atoms with van der Waals surface area (Å²) < 4.78 is 0. The van der Waals surface area contributed by atoms with Crippen LogP contribution in [0.15, 0.2) is 18.2 Å². The van der Waals surface area contributed by atoms with Crippen LogP contribution >= 0.6 is 0 Å². The molecule has 0 spiro atoms. The van der Waals surface area contributed by atoms with Gasteiger partial charge in [0.15, 0.2) is 0 Å². The summed E-state index contributed by atoms with van der Waals surface area (Å²) >= 11 is 0. The van der Waals surface area contributed by atoms with Gasteiger partial charge in [0.05, 0.1) is 16.2 Å². The number of nitro benzene ring substituents is 1. The van der Waals surface area contributed by atoms with E-state index in [2.05, 4.69) is 4.90 Å². The van der Waals surface area contributed by atoms with Gasteiger partial charge >= 0.3 is 0 Å². The van der Waals surface area contributed by atoms with E-state index in [4.69, 9.17) is 11.0 Å². The van der Waals surface area contributed by atoms with Crippen LogP contribution in [-0.4, -0.2) is 24.6 Å². The number of hydrogen-bond acceptors (Lipinski definition) is 5. The number of rotatable bonds is 3. The minimum Gasteiger partial charge on any atom is -0.370 e. The highest BCUT2D eigenvalue weighted by Crippen LogP contribution is 2.29. The lowest BCUT2D eigenvalue weighted by Gasteiger charge is -2.19. The summed E-state index contributed by atoms with van der Waals surface area (Å²) in [5, 5.41) is 19.8. The van der Waals surface area contributed by atoms with Gasteiger partial charge in [-0.25, -0.2) is 0 Å². The van der Waals surface area contributed by atoms with Gasteiger partial charge in [0, 0.05) is 25.2 Å². The van der Waals surface area contributed by atoms with Crippen molar-refractivity contribution in [2.45, 2.75) is 6.42 Å². The zero-order valence-electron chi connectivity index (χ0n) is 9.87. The number of nitrogens with two attached hydrogens (primary N) is 1. The van der Waals surface area contributed by atoms with Crippen molar-refractivity contribution in [1.29, 1.82) is 5.26 Å². The van der Waals surface area contributed by atoms with E-state index in [1.807, 2.05) is 6.07 Å². The summed E-state index contributed by atoms with van der Waals surface area (Å²) in [7, 11) is 0. The first-order valence-corrected chi connectivity index (χ1v) is 5.79. The minimum absolute atomic E-state index is 0.0510. The molecule has 1 aliphatic heterocycles. The van der Waals surface area contributed by atoms with Crippen molar-refractivity contribution in [3.63, 3.8) is 0 Å². The maximum absolute atomic E-state index is 10.7. The average Bonchev–Trinajstić information content (AvgIpc) is 2.86.